The van der Waals surface area contributed by atoms with Gasteiger partial charge in [0.15, 0.2) is 0 Å². The average Bonchev–Trinajstić information content (AvgIpc) is 2.80. The molecule has 0 saturated carbocycles. The van der Waals surface area contributed by atoms with Gasteiger partial charge in [-0.25, -0.2) is 10.3 Å². The number of carbonyl (C=O) groups excluding carboxylic acids is 2. The number of amides is 3. The fourth-order valence-electron chi connectivity index (χ4n) is 3.19. The Bertz CT molecular complexity index is 628. The number of hydrogen-bond donors (Lipinski definition) is 2. The second-order valence-corrected chi connectivity index (χ2v) is 6.38. The van der Waals surface area contributed by atoms with Crippen molar-refractivity contribution >= 4 is 11.9 Å². The molecule has 1 atom stereocenters. The van der Waals surface area contributed by atoms with Gasteiger partial charge >= 0.3 is 6.03 Å². The Morgan fingerprint density at radius 2 is 2.00 bits per heavy atom. The summed E-state index contributed by atoms with van der Waals surface area (Å²) < 4.78 is 5.79. The summed E-state index contributed by atoms with van der Waals surface area (Å²) in [6.45, 7) is 4.41. The number of carbonyl (C=O) groups is 2. The van der Waals surface area contributed by atoms with Crippen LogP contribution in [0.4, 0.5) is 4.79 Å². The third-order valence-electron chi connectivity index (χ3n) is 4.66. The number of hydrogen-bond acceptors (Lipinski definition) is 4. The van der Waals surface area contributed by atoms with E-state index in [2.05, 4.69) is 0 Å². The van der Waals surface area contributed by atoms with Crippen LogP contribution in [0.25, 0.3) is 0 Å². The molecule has 24 heavy (non-hydrogen) atoms. The first-order chi connectivity index (χ1) is 11.6. The van der Waals surface area contributed by atoms with Crippen molar-refractivity contribution in [2.45, 2.75) is 38.8 Å². The molecule has 1 saturated heterocycles. The van der Waals surface area contributed by atoms with Crippen molar-refractivity contribution < 1.29 is 19.5 Å². The van der Waals surface area contributed by atoms with Crippen molar-refractivity contribution in [2.24, 2.45) is 0 Å². The van der Waals surface area contributed by atoms with Gasteiger partial charge in [-0.05, 0) is 38.3 Å². The van der Waals surface area contributed by atoms with E-state index in [-0.39, 0.29) is 12.1 Å². The van der Waals surface area contributed by atoms with Crippen molar-refractivity contribution in [3.63, 3.8) is 0 Å². The molecule has 3 amide bonds. The van der Waals surface area contributed by atoms with Crippen LogP contribution in [0.5, 0.6) is 5.75 Å². The highest BCUT2D eigenvalue weighted by Crippen LogP contribution is 2.27. The maximum absolute atomic E-state index is 12.8. The van der Waals surface area contributed by atoms with Crippen LogP contribution < -0.4 is 10.2 Å². The van der Waals surface area contributed by atoms with Gasteiger partial charge in [0.25, 0.3) is 5.91 Å². The van der Waals surface area contributed by atoms with E-state index in [1.54, 1.807) is 23.7 Å². The lowest BCUT2D eigenvalue weighted by atomic mass is 10.1. The fraction of sp³-hybridized carbons (Fsp3) is 0.529. The number of rotatable bonds is 1. The molecule has 1 aromatic rings. The number of benzene rings is 1. The molecule has 2 aliphatic heterocycles. The first-order valence-electron chi connectivity index (χ1n) is 8.36. The van der Waals surface area contributed by atoms with Crippen LogP contribution in [0.1, 0.15) is 42.1 Å². The van der Waals surface area contributed by atoms with Crippen LogP contribution in [-0.4, -0.2) is 52.7 Å². The fourth-order valence-corrected chi connectivity index (χ4v) is 3.19. The van der Waals surface area contributed by atoms with Crippen LogP contribution in [0.2, 0.25) is 0 Å². The second kappa shape index (κ2) is 7.09. The molecule has 7 heteroatoms. The minimum atomic E-state index is -0.583. The number of ether oxygens (including phenoxy) is 1. The highest BCUT2D eigenvalue weighted by molar-refractivity contribution is 5.93. The summed E-state index contributed by atoms with van der Waals surface area (Å²) in [5.41, 5.74) is 2.80. The van der Waals surface area contributed by atoms with Gasteiger partial charge in [0.1, 0.15) is 12.4 Å². The number of nitrogens with one attached hydrogen (secondary N) is 1. The predicted octanol–water partition coefficient (Wildman–Crippen LogP) is 1.99. The lowest BCUT2D eigenvalue weighted by molar-refractivity contribution is 0.0706. The highest BCUT2D eigenvalue weighted by atomic mass is 16.5. The number of fused-ring (bicyclic) bond motifs is 1. The van der Waals surface area contributed by atoms with Gasteiger partial charge in [0, 0.05) is 24.2 Å². The summed E-state index contributed by atoms with van der Waals surface area (Å²) in [6.07, 6.45) is 3.29. The largest absolute Gasteiger partial charge is 0.491 e. The van der Waals surface area contributed by atoms with Crippen LogP contribution in [0, 0.1) is 0 Å². The first-order valence-corrected chi connectivity index (χ1v) is 8.36. The van der Waals surface area contributed by atoms with Gasteiger partial charge in [0.05, 0.1) is 12.6 Å². The van der Waals surface area contributed by atoms with Crippen LogP contribution >= 0.6 is 0 Å². The molecule has 1 fully saturated rings. The molecule has 0 radical (unpaired) electrons. The number of hydroxylamine groups is 1. The van der Waals surface area contributed by atoms with Crippen molar-refractivity contribution in [3.8, 4) is 5.75 Å². The standard InChI is InChI=1S/C17H23N3O4/c1-12-11-24-15-9-13(16(21)18-23)5-6-14(15)10-20(12)17(22)19-7-3-2-4-8-19/h5-6,9,12,23H,2-4,7-8,10-11H2,1H3,(H,18,21). The average molecular weight is 333 g/mol. The van der Waals surface area contributed by atoms with E-state index in [0.717, 1.165) is 31.5 Å². The van der Waals surface area contributed by atoms with Gasteiger partial charge in [-0.15, -0.1) is 0 Å². The molecule has 2 aliphatic rings. The normalized spacial score (nSPS) is 20.7. The maximum atomic E-state index is 12.8. The van der Waals surface area contributed by atoms with Crippen LogP contribution in [-0.2, 0) is 6.54 Å². The number of likely N-dealkylation sites (tertiary alicyclic amines) is 1. The third-order valence-corrected chi connectivity index (χ3v) is 4.66. The van der Waals surface area contributed by atoms with Crippen LogP contribution in [0.3, 0.4) is 0 Å². The molecule has 1 unspecified atom stereocenters. The summed E-state index contributed by atoms with van der Waals surface area (Å²) in [6, 6.07) is 4.99. The van der Waals surface area contributed by atoms with Gasteiger partial charge in [-0.2, -0.15) is 0 Å². The topological polar surface area (TPSA) is 82.1 Å². The number of urea groups is 1. The second-order valence-electron chi connectivity index (χ2n) is 6.38. The number of nitrogens with zero attached hydrogens (tertiary/aromatic N) is 2. The summed E-state index contributed by atoms with van der Waals surface area (Å²) in [7, 11) is 0. The Morgan fingerprint density at radius 3 is 2.71 bits per heavy atom. The highest BCUT2D eigenvalue weighted by Gasteiger charge is 2.30. The number of piperidine rings is 1. The smallest absolute Gasteiger partial charge is 0.320 e. The van der Waals surface area contributed by atoms with E-state index < -0.39 is 5.91 Å². The zero-order chi connectivity index (χ0) is 17.1. The maximum Gasteiger partial charge on any atom is 0.320 e. The van der Waals surface area contributed by atoms with Gasteiger partial charge in [0.2, 0.25) is 0 Å². The zero-order valence-corrected chi connectivity index (χ0v) is 13.8. The van der Waals surface area contributed by atoms with Crippen molar-refractivity contribution in [2.75, 3.05) is 19.7 Å². The third kappa shape index (κ3) is 3.31. The zero-order valence-electron chi connectivity index (χ0n) is 13.8. The summed E-state index contributed by atoms with van der Waals surface area (Å²) >= 11 is 0. The van der Waals surface area contributed by atoms with E-state index >= 15 is 0 Å². The molecule has 1 aromatic carbocycles. The predicted molar refractivity (Wildman–Crippen MR) is 87.0 cm³/mol. The van der Waals surface area contributed by atoms with Crippen molar-refractivity contribution in [1.82, 2.24) is 15.3 Å². The molecule has 7 nitrogen and oxygen atoms in total. The molecular weight excluding hydrogens is 310 g/mol. The minimum Gasteiger partial charge on any atom is -0.491 e. The molecule has 2 heterocycles. The molecule has 130 valence electrons. The first kappa shape index (κ1) is 16.6. The summed E-state index contributed by atoms with van der Waals surface area (Å²) in [5.74, 6) is -0.00293. The Kier molecular flexibility index (Phi) is 4.89. The molecule has 3 rings (SSSR count). The van der Waals surface area contributed by atoms with Gasteiger partial charge in [-0.1, -0.05) is 6.07 Å². The van der Waals surface area contributed by atoms with Gasteiger partial charge in [-0.3, -0.25) is 10.0 Å². The van der Waals surface area contributed by atoms with E-state index in [1.165, 1.54) is 6.42 Å². The lowest BCUT2D eigenvalue weighted by Crippen LogP contribution is -2.49. The van der Waals surface area contributed by atoms with Crippen molar-refractivity contribution in [1.29, 1.82) is 0 Å². The van der Waals surface area contributed by atoms with E-state index in [9.17, 15) is 9.59 Å². The summed E-state index contributed by atoms with van der Waals surface area (Å²) in [5, 5.41) is 8.75. The SMILES string of the molecule is CC1COc2cc(C(=O)NO)ccc2CN1C(=O)N1CCCCC1. The molecule has 0 bridgehead atoms. The van der Waals surface area contributed by atoms with E-state index in [4.69, 9.17) is 9.94 Å². The lowest BCUT2D eigenvalue weighted by Gasteiger charge is -2.35. The summed E-state index contributed by atoms with van der Waals surface area (Å²) in [4.78, 5) is 28.1. The van der Waals surface area contributed by atoms with E-state index in [0.29, 0.717) is 24.5 Å². The Balaban J connectivity index is 1.81. The van der Waals surface area contributed by atoms with Crippen molar-refractivity contribution in [3.05, 3.63) is 29.3 Å². The molecule has 0 aromatic heterocycles. The minimum absolute atomic E-state index is 0.0517. The Morgan fingerprint density at radius 1 is 1.25 bits per heavy atom. The quantitative estimate of drug-likeness (QED) is 0.608. The molecule has 0 spiro atoms. The van der Waals surface area contributed by atoms with Crippen LogP contribution in [0.15, 0.2) is 18.2 Å². The van der Waals surface area contributed by atoms with Gasteiger partial charge < -0.3 is 14.5 Å². The van der Waals surface area contributed by atoms with E-state index in [1.807, 2.05) is 16.7 Å². The Labute approximate surface area is 141 Å². The Hall–Kier alpha value is -2.28. The monoisotopic (exact) mass is 333 g/mol. The molecule has 2 N–H and O–H groups in total. The molecule has 0 aliphatic carbocycles. The molecular formula is C17H23N3O4.